The van der Waals surface area contributed by atoms with Gasteiger partial charge in [-0.2, -0.15) is 5.10 Å². The van der Waals surface area contributed by atoms with Gasteiger partial charge in [-0.15, -0.1) is 4.91 Å². The molecule has 1 aromatic heterocycles. The molecule has 0 amide bonds. The Hall–Kier alpha value is -4.47. The molecule has 0 aliphatic heterocycles. The first-order valence-electron chi connectivity index (χ1n) is 8.29. The molecule has 0 aliphatic carbocycles. The molecule has 0 aliphatic rings. The lowest BCUT2D eigenvalue weighted by Gasteiger charge is -2.11. The van der Waals surface area contributed by atoms with E-state index in [-0.39, 0.29) is 11.3 Å². The second-order valence-electron chi connectivity index (χ2n) is 5.69. The number of aromatic nitrogens is 2. The molecule has 0 spiro atoms. The van der Waals surface area contributed by atoms with E-state index in [1.165, 1.54) is 24.7 Å². The Morgan fingerprint density at radius 3 is 2.55 bits per heavy atom. The lowest BCUT2D eigenvalue weighted by atomic mass is 10.1. The summed E-state index contributed by atoms with van der Waals surface area (Å²) in [5.74, 6) is -0.361. The van der Waals surface area contributed by atoms with Crippen LogP contribution in [0.25, 0.3) is 0 Å². The van der Waals surface area contributed by atoms with Crippen LogP contribution in [0.5, 0.6) is 0 Å². The maximum Gasteiger partial charge on any atom is 0.335 e. The fourth-order valence-corrected chi connectivity index (χ4v) is 2.38. The first-order valence-corrected chi connectivity index (χ1v) is 8.29. The molecule has 0 fully saturated rings. The number of hydrazone groups is 1. The number of hydrogen-bond acceptors (Lipinski definition) is 9. The number of nitrogens with one attached hydrogen (secondary N) is 3. The van der Waals surface area contributed by atoms with Crippen molar-refractivity contribution in [3.63, 3.8) is 0 Å². The number of nitroso groups, excluding NO2 is 1. The van der Waals surface area contributed by atoms with E-state index in [2.05, 4.69) is 31.0 Å². The highest BCUT2D eigenvalue weighted by Gasteiger charge is 2.10. The highest BCUT2D eigenvalue weighted by Crippen LogP contribution is 2.24. The average molecular weight is 389 g/mol. The first-order chi connectivity index (χ1) is 14.1. The fourth-order valence-electron chi connectivity index (χ4n) is 2.38. The number of anilines is 3. The zero-order chi connectivity index (χ0) is 20.6. The summed E-state index contributed by atoms with van der Waals surface area (Å²) in [6, 6.07) is 12.7. The summed E-state index contributed by atoms with van der Waals surface area (Å²) >= 11 is 0. The van der Waals surface area contributed by atoms with E-state index in [1.54, 1.807) is 36.4 Å². The van der Waals surface area contributed by atoms with Crippen molar-refractivity contribution >= 4 is 41.4 Å². The molecule has 0 saturated heterocycles. The standard InChI is InChI=1S/C19H15N7O3/c20-9-16-17(24-14-2-1-3-15(8-14)26-29)21-11-22-18(16)25-23-10-12-4-6-13(7-5-12)19(27)28/h1-11,20H,(H,27,28)(H2,21,22,24,25)/b20-9?,23-10+. The second-order valence-corrected chi connectivity index (χ2v) is 5.69. The van der Waals surface area contributed by atoms with E-state index in [1.807, 2.05) is 0 Å². The minimum atomic E-state index is -1.00. The second kappa shape index (κ2) is 8.95. The Kier molecular flexibility index (Phi) is 5.96. The SMILES string of the molecule is N=Cc1c(N/N=C/c2ccc(C(=O)O)cc2)ncnc1Nc1cccc(N=O)c1. The molecule has 1 heterocycles. The Balaban J connectivity index is 1.77. The van der Waals surface area contributed by atoms with Crippen LogP contribution < -0.4 is 10.7 Å². The van der Waals surface area contributed by atoms with Crippen molar-refractivity contribution in [2.45, 2.75) is 0 Å². The Labute approximate surface area is 164 Å². The number of nitrogens with zero attached hydrogens (tertiary/aromatic N) is 4. The Morgan fingerprint density at radius 2 is 1.86 bits per heavy atom. The van der Waals surface area contributed by atoms with Gasteiger partial charge in [0.05, 0.1) is 17.3 Å². The molecule has 29 heavy (non-hydrogen) atoms. The van der Waals surface area contributed by atoms with Crippen LogP contribution in [0.3, 0.4) is 0 Å². The molecule has 0 saturated carbocycles. The summed E-state index contributed by atoms with van der Waals surface area (Å²) in [5.41, 5.74) is 4.81. The van der Waals surface area contributed by atoms with Crippen molar-refractivity contribution in [3.05, 3.63) is 76.5 Å². The van der Waals surface area contributed by atoms with Gasteiger partial charge in [0, 0.05) is 11.9 Å². The number of carboxylic acid groups (broad SMARTS) is 1. The smallest absolute Gasteiger partial charge is 0.335 e. The number of carboxylic acids is 1. The highest BCUT2D eigenvalue weighted by atomic mass is 16.4. The van der Waals surface area contributed by atoms with Gasteiger partial charge in [0.2, 0.25) is 0 Å². The van der Waals surface area contributed by atoms with Gasteiger partial charge in [0.1, 0.15) is 17.8 Å². The largest absolute Gasteiger partial charge is 0.478 e. The van der Waals surface area contributed by atoms with Gasteiger partial charge in [-0.05, 0) is 41.1 Å². The zero-order valence-corrected chi connectivity index (χ0v) is 14.9. The van der Waals surface area contributed by atoms with E-state index in [4.69, 9.17) is 10.5 Å². The van der Waals surface area contributed by atoms with Crippen LogP contribution in [0, 0.1) is 10.3 Å². The molecule has 3 aromatic rings. The molecule has 0 unspecified atom stereocenters. The summed E-state index contributed by atoms with van der Waals surface area (Å²) in [7, 11) is 0. The number of benzene rings is 2. The van der Waals surface area contributed by atoms with Crippen molar-refractivity contribution in [3.8, 4) is 0 Å². The van der Waals surface area contributed by atoms with Crippen molar-refractivity contribution in [1.29, 1.82) is 5.41 Å². The Bertz CT molecular complexity index is 1080. The average Bonchev–Trinajstić information content (AvgIpc) is 2.74. The molecule has 3 rings (SSSR count). The molecule has 2 aromatic carbocycles. The normalized spacial score (nSPS) is 10.5. The third kappa shape index (κ3) is 4.83. The lowest BCUT2D eigenvalue weighted by Crippen LogP contribution is -2.05. The highest BCUT2D eigenvalue weighted by molar-refractivity contribution is 5.92. The van der Waals surface area contributed by atoms with Crippen LogP contribution in [0.15, 0.2) is 65.1 Å². The zero-order valence-electron chi connectivity index (χ0n) is 14.9. The number of carbonyl (C=O) groups is 1. The monoisotopic (exact) mass is 389 g/mol. The maximum absolute atomic E-state index is 10.9. The van der Waals surface area contributed by atoms with Gasteiger partial charge in [-0.1, -0.05) is 18.2 Å². The topological polar surface area (TPSA) is 153 Å². The van der Waals surface area contributed by atoms with Crippen molar-refractivity contribution in [1.82, 2.24) is 9.97 Å². The molecule has 0 bridgehead atoms. The molecule has 10 nitrogen and oxygen atoms in total. The third-order valence-electron chi connectivity index (χ3n) is 3.78. The van der Waals surface area contributed by atoms with Gasteiger partial charge in [-0.25, -0.2) is 14.8 Å². The molecule has 10 heteroatoms. The van der Waals surface area contributed by atoms with Gasteiger partial charge in [0.15, 0.2) is 5.82 Å². The maximum atomic E-state index is 10.9. The predicted molar refractivity (Wildman–Crippen MR) is 110 cm³/mol. The number of rotatable bonds is 8. The summed E-state index contributed by atoms with van der Waals surface area (Å²) in [6.45, 7) is 0. The van der Waals surface area contributed by atoms with E-state index < -0.39 is 5.97 Å². The fraction of sp³-hybridized carbons (Fsp3) is 0. The van der Waals surface area contributed by atoms with Crippen LogP contribution in [0.2, 0.25) is 0 Å². The van der Waals surface area contributed by atoms with Gasteiger partial charge >= 0.3 is 5.97 Å². The molecule has 4 N–H and O–H groups in total. The molecular weight excluding hydrogens is 374 g/mol. The van der Waals surface area contributed by atoms with Gasteiger partial charge in [0.25, 0.3) is 0 Å². The van der Waals surface area contributed by atoms with E-state index in [0.29, 0.717) is 28.5 Å². The van der Waals surface area contributed by atoms with E-state index in [9.17, 15) is 9.70 Å². The van der Waals surface area contributed by atoms with E-state index >= 15 is 0 Å². The van der Waals surface area contributed by atoms with Crippen molar-refractivity contribution in [2.75, 3.05) is 10.7 Å². The molecule has 144 valence electrons. The van der Waals surface area contributed by atoms with Gasteiger partial charge < -0.3 is 15.8 Å². The summed E-state index contributed by atoms with van der Waals surface area (Å²) in [5, 5.41) is 26.6. The number of hydrogen-bond donors (Lipinski definition) is 4. The molecular formula is C19H15N7O3. The third-order valence-corrected chi connectivity index (χ3v) is 3.78. The van der Waals surface area contributed by atoms with Crippen LogP contribution in [-0.2, 0) is 0 Å². The Morgan fingerprint density at radius 1 is 1.10 bits per heavy atom. The van der Waals surface area contributed by atoms with Crippen LogP contribution in [0.4, 0.5) is 23.0 Å². The molecule has 0 radical (unpaired) electrons. The summed E-state index contributed by atoms with van der Waals surface area (Å²) < 4.78 is 0. The first kappa shape index (κ1) is 19.3. The van der Waals surface area contributed by atoms with Crippen LogP contribution >= 0.6 is 0 Å². The van der Waals surface area contributed by atoms with Crippen LogP contribution in [-0.4, -0.2) is 33.5 Å². The summed E-state index contributed by atoms with van der Waals surface area (Å²) in [6.07, 6.45) is 3.87. The minimum Gasteiger partial charge on any atom is -0.478 e. The van der Waals surface area contributed by atoms with E-state index in [0.717, 1.165) is 6.21 Å². The number of aromatic carboxylic acids is 1. The predicted octanol–water partition coefficient (Wildman–Crippen LogP) is 3.76. The van der Waals surface area contributed by atoms with Gasteiger partial charge in [-0.3, -0.25) is 5.43 Å². The van der Waals surface area contributed by atoms with Crippen molar-refractivity contribution in [2.24, 2.45) is 10.3 Å². The molecule has 0 atom stereocenters. The quantitative estimate of drug-likeness (QED) is 0.260. The summed E-state index contributed by atoms with van der Waals surface area (Å²) in [4.78, 5) is 29.8. The van der Waals surface area contributed by atoms with Crippen molar-refractivity contribution < 1.29 is 9.90 Å². The minimum absolute atomic E-state index is 0.182. The lowest BCUT2D eigenvalue weighted by molar-refractivity contribution is 0.0697. The van der Waals surface area contributed by atoms with Crippen LogP contribution in [0.1, 0.15) is 21.5 Å².